The Morgan fingerprint density at radius 1 is 1.04 bits per heavy atom. The second-order valence-electron chi connectivity index (χ2n) is 6.03. The molecule has 3 rings (SSSR count). The first-order valence-corrected chi connectivity index (χ1v) is 10.4. The number of amides is 1. The zero-order chi connectivity index (χ0) is 19.4. The van der Waals surface area contributed by atoms with Crippen molar-refractivity contribution in [2.24, 2.45) is 0 Å². The van der Waals surface area contributed by atoms with Gasteiger partial charge < -0.3 is 10.1 Å². The fourth-order valence-corrected chi connectivity index (χ4v) is 4.47. The van der Waals surface area contributed by atoms with Crippen LogP contribution in [0.1, 0.15) is 17.5 Å². The molecule has 0 bridgehead atoms. The van der Waals surface area contributed by atoms with Crippen LogP contribution in [0.4, 0.5) is 5.69 Å². The molecule has 1 N–H and O–H groups in total. The molecule has 0 spiro atoms. The Balaban J connectivity index is 1.46. The van der Waals surface area contributed by atoms with E-state index in [9.17, 15) is 9.59 Å². The average molecular weight is 445 g/mol. The number of ether oxygens (including phenoxy) is 1. The van der Waals surface area contributed by atoms with Crippen LogP contribution in [0, 0.1) is 0 Å². The van der Waals surface area contributed by atoms with Gasteiger partial charge in [0.25, 0.3) is 5.91 Å². The van der Waals surface area contributed by atoms with Crippen LogP contribution in [-0.2, 0) is 27.2 Å². The van der Waals surface area contributed by atoms with E-state index >= 15 is 0 Å². The zero-order valence-electron chi connectivity index (χ0n) is 14.2. The van der Waals surface area contributed by atoms with Crippen LogP contribution in [0.25, 0.3) is 0 Å². The van der Waals surface area contributed by atoms with Crippen molar-refractivity contribution >= 4 is 64.1 Å². The van der Waals surface area contributed by atoms with Crippen LogP contribution < -0.4 is 5.32 Å². The quantitative estimate of drug-likeness (QED) is 0.478. The maximum Gasteiger partial charge on any atom is 0.316 e. The molecule has 0 heterocycles. The van der Waals surface area contributed by atoms with Gasteiger partial charge in [-0.05, 0) is 54.7 Å². The Labute approximate surface area is 176 Å². The van der Waals surface area contributed by atoms with E-state index in [1.165, 1.54) is 41.4 Å². The van der Waals surface area contributed by atoms with Gasteiger partial charge in [0.2, 0.25) is 0 Å². The van der Waals surface area contributed by atoms with Gasteiger partial charge in [0.1, 0.15) is 0 Å². The SMILES string of the molecule is O=C(COC(=O)CSc1ccc2c(c1)CCC2)Nc1c(Cl)cc(Cl)cc1Cl. The lowest BCUT2D eigenvalue weighted by atomic mass is 10.1. The molecule has 0 aliphatic heterocycles. The van der Waals surface area contributed by atoms with Crippen molar-refractivity contribution in [1.29, 1.82) is 0 Å². The average Bonchev–Trinajstić information content (AvgIpc) is 3.09. The van der Waals surface area contributed by atoms with Crippen molar-refractivity contribution in [2.45, 2.75) is 24.2 Å². The van der Waals surface area contributed by atoms with Crippen LogP contribution in [0.5, 0.6) is 0 Å². The van der Waals surface area contributed by atoms with Crippen molar-refractivity contribution < 1.29 is 14.3 Å². The van der Waals surface area contributed by atoms with Crippen molar-refractivity contribution in [3.63, 3.8) is 0 Å². The van der Waals surface area contributed by atoms with Crippen molar-refractivity contribution in [1.82, 2.24) is 0 Å². The number of anilines is 1. The number of hydrogen-bond donors (Lipinski definition) is 1. The molecule has 0 unspecified atom stereocenters. The minimum absolute atomic E-state index is 0.133. The molecule has 27 heavy (non-hydrogen) atoms. The summed E-state index contributed by atoms with van der Waals surface area (Å²) >= 11 is 19.2. The van der Waals surface area contributed by atoms with Gasteiger partial charge in [-0.25, -0.2) is 0 Å². The molecule has 0 saturated carbocycles. The topological polar surface area (TPSA) is 55.4 Å². The smallest absolute Gasteiger partial charge is 0.316 e. The van der Waals surface area contributed by atoms with E-state index in [0.29, 0.717) is 5.02 Å². The number of aryl methyl sites for hydroxylation is 2. The standard InChI is InChI=1S/C19H16Cl3NO3S/c20-13-7-15(21)19(16(22)8-13)23-17(24)9-26-18(25)10-27-14-5-4-11-2-1-3-12(11)6-14/h4-8H,1-3,9-10H2,(H,23,24). The first-order chi connectivity index (χ1) is 12.9. The Morgan fingerprint density at radius 2 is 1.74 bits per heavy atom. The lowest BCUT2D eigenvalue weighted by molar-refractivity contribution is -0.144. The number of esters is 1. The largest absolute Gasteiger partial charge is 0.455 e. The van der Waals surface area contributed by atoms with E-state index in [2.05, 4.69) is 17.4 Å². The van der Waals surface area contributed by atoms with Gasteiger partial charge in [0.05, 0.1) is 21.5 Å². The number of carbonyl (C=O) groups excluding carboxylic acids is 2. The monoisotopic (exact) mass is 443 g/mol. The highest BCUT2D eigenvalue weighted by Gasteiger charge is 2.14. The molecule has 8 heteroatoms. The number of thioether (sulfide) groups is 1. The first kappa shape index (κ1) is 20.3. The molecule has 0 radical (unpaired) electrons. The molecule has 2 aromatic rings. The summed E-state index contributed by atoms with van der Waals surface area (Å²) in [6.07, 6.45) is 3.39. The summed E-state index contributed by atoms with van der Waals surface area (Å²) in [7, 11) is 0. The van der Waals surface area contributed by atoms with Gasteiger partial charge in [0.15, 0.2) is 6.61 Å². The lowest BCUT2D eigenvalue weighted by Gasteiger charge is -2.10. The van der Waals surface area contributed by atoms with Gasteiger partial charge in [-0.1, -0.05) is 40.9 Å². The molecular weight excluding hydrogens is 429 g/mol. The van der Waals surface area contributed by atoms with Crippen LogP contribution >= 0.6 is 46.6 Å². The van der Waals surface area contributed by atoms with Crippen LogP contribution in [0.3, 0.4) is 0 Å². The molecule has 142 valence electrons. The maximum absolute atomic E-state index is 12.0. The Kier molecular flexibility index (Phi) is 6.93. The Bertz CT molecular complexity index is 865. The normalized spacial score (nSPS) is 12.6. The molecule has 1 aliphatic carbocycles. The van der Waals surface area contributed by atoms with E-state index < -0.39 is 18.5 Å². The number of halogens is 3. The van der Waals surface area contributed by atoms with E-state index in [4.69, 9.17) is 39.5 Å². The number of hydrogen-bond acceptors (Lipinski definition) is 4. The van der Waals surface area contributed by atoms with E-state index in [0.717, 1.165) is 17.7 Å². The van der Waals surface area contributed by atoms with Gasteiger partial charge in [-0.3, -0.25) is 9.59 Å². The third kappa shape index (κ3) is 5.55. The van der Waals surface area contributed by atoms with Crippen LogP contribution in [0.2, 0.25) is 15.1 Å². The minimum atomic E-state index is -0.531. The number of rotatable bonds is 6. The molecule has 1 aliphatic rings. The third-order valence-electron chi connectivity index (χ3n) is 4.06. The highest BCUT2D eigenvalue weighted by atomic mass is 35.5. The number of fused-ring (bicyclic) bond motifs is 1. The summed E-state index contributed by atoms with van der Waals surface area (Å²) in [6, 6.07) is 9.17. The summed E-state index contributed by atoms with van der Waals surface area (Å²) in [5, 5.41) is 3.29. The minimum Gasteiger partial charge on any atom is -0.455 e. The van der Waals surface area contributed by atoms with Crippen molar-refractivity contribution in [3.05, 3.63) is 56.5 Å². The summed E-state index contributed by atoms with van der Waals surface area (Å²) in [6.45, 7) is -0.418. The molecular formula is C19H16Cl3NO3S. The van der Waals surface area contributed by atoms with Gasteiger partial charge in [-0.2, -0.15) is 0 Å². The first-order valence-electron chi connectivity index (χ1n) is 8.27. The summed E-state index contributed by atoms with van der Waals surface area (Å²) in [4.78, 5) is 24.9. The van der Waals surface area contributed by atoms with E-state index in [1.807, 2.05) is 6.07 Å². The maximum atomic E-state index is 12.0. The van der Waals surface area contributed by atoms with Gasteiger partial charge in [-0.15, -0.1) is 11.8 Å². The summed E-state index contributed by atoms with van der Waals surface area (Å²) in [5.41, 5.74) is 2.97. The molecule has 0 saturated heterocycles. The molecule has 2 aromatic carbocycles. The Hall–Kier alpha value is -1.40. The van der Waals surface area contributed by atoms with Gasteiger partial charge >= 0.3 is 5.97 Å². The summed E-state index contributed by atoms with van der Waals surface area (Å²) in [5.74, 6) is -0.866. The van der Waals surface area contributed by atoms with Crippen molar-refractivity contribution in [3.8, 4) is 0 Å². The van der Waals surface area contributed by atoms with Gasteiger partial charge in [0, 0.05) is 9.92 Å². The Morgan fingerprint density at radius 3 is 2.48 bits per heavy atom. The summed E-state index contributed by atoms with van der Waals surface area (Å²) < 4.78 is 5.01. The lowest BCUT2D eigenvalue weighted by Crippen LogP contribution is -2.22. The number of benzene rings is 2. The number of carbonyl (C=O) groups is 2. The predicted octanol–water partition coefficient (Wildman–Crippen LogP) is 5.41. The van der Waals surface area contributed by atoms with Crippen LogP contribution in [0.15, 0.2) is 35.2 Å². The fourth-order valence-electron chi connectivity index (χ4n) is 2.81. The highest BCUT2D eigenvalue weighted by Crippen LogP contribution is 2.33. The highest BCUT2D eigenvalue weighted by molar-refractivity contribution is 8.00. The molecule has 0 aromatic heterocycles. The molecule has 0 atom stereocenters. The van der Waals surface area contributed by atoms with E-state index in [1.54, 1.807) is 0 Å². The van der Waals surface area contributed by atoms with Crippen LogP contribution in [-0.4, -0.2) is 24.2 Å². The third-order valence-corrected chi connectivity index (χ3v) is 5.84. The number of nitrogens with one attached hydrogen (secondary N) is 1. The van der Waals surface area contributed by atoms with E-state index in [-0.39, 0.29) is 21.5 Å². The fraction of sp³-hybridized carbons (Fsp3) is 0.263. The second kappa shape index (κ2) is 9.20. The molecule has 4 nitrogen and oxygen atoms in total. The molecule has 0 fully saturated rings. The second-order valence-corrected chi connectivity index (χ2v) is 8.33. The molecule has 1 amide bonds. The zero-order valence-corrected chi connectivity index (χ0v) is 17.3. The van der Waals surface area contributed by atoms with Crippen molar-refractivity contribution in [2.75, 3.05) is 17.7 Å². The predicted molar refractivity (Wildman–Crippen MR) is 110 cm³/mol.